The van der Waals surface area contributed by atoms with Crippen LogP contribution in [0.2, 0.25) is 0 Å². The third-order valence-electron chi connectivity index (χ3n) is 3.66. The molecule has 128 valence electrons. The van der Waals surface area contributed by atoms with Gasteiger partial charge >= 0.3 is 5.97 Å². The number of ether oxygens (including phenoxy) is 1. The molecule has 0 bridgehead atoms. The van der Waals surface area contributed by atoms with Crippen molar-refractivity contribution in [2.24, 2.45) is 0 Å². The van der Waals surface area contributed by atoms with Gasteiger partial charge in [0.1, 0.15) is 11.6 Å². The summed E-state index contributed by atoms with van der Waals surface area (Å²) < 4.78 is 18.1. The molecule has 0 unspecified atom stereocenters. The average Bonchev–Trinajstić information content (AvgIpc) is 2.68. The maximum absolute atomic E-state index is 12.9. The number of esters is 1. The number of halogens is 1. The van der Waals surface area contributed by atoms with E-state index >= 15 is 0 Å². The SMILES string of the molecule is O=C(/C=C/c1ccc(OC(=O)c2ccc(F)cc2)cc1)c1ccccc1. The van der Waals surface area contributed by atoms with Crippen LogP contribution in [0.3, 0.4) is 0 Å². The molecule has 0 N–H and O–H groups in total. The van der Waals surface area contributed by atoms with E-state index in [4.69, 9.17) is 4.74 Å². The summed E-state index contributed by atoms with van der Waals surface area (Å²) in [5.41, 5.74) is 1.69. The first kappa shape index (κ1) is 17.3. The molecule has 0 aliphatic carbocycles. The second kappa shape index (κ2) is 8.03. The third kappa shape index (κ3) is 4.51. The summed E-state index contributed by atoms with van der Waals surface area (Å²) in [4.78, 5) is 24.0. The molecule has 0 aliphatic rings. The Labute approximate surface area is 150 Å². The zero-order valence-electron chi connectivity index (χ0n) is 13.8. The van der Waals surface area contributed by atoms with Crippen molar-refractivity contribution in [2.75, 3.05) is 0 Å². The van der Waals surface area contributed by atoms with Gasteiger partial charge in [0.2, 0.25) is 0 Å². The van der Waals surface area contributed by atoms with Crippen LogP contribution in [0.4, 0.5) is 4.39 Å². The number of carbonyl (C=O) groups excluding carboxylic acids is 2. The summed E-state index contributed by atoms with van der Waals surface area (Å²) in [6, 6.07) is 20.9. The molecule has 26 heavy (non-hydrogen) atoms. The zero-order valence-corrected chi connectivity index (χ0v) is 13.8. The minimum Gasteiger partial charge on any atom is -0.423 e. The van der Waals surface area contributed by atoms with Crippen LogP contribution < -0.4 is 4.74 Å². The molecule has 3 nitrogen and oxygen atoms in total. The Morgan fingerprint density at radius 3 is 2.08 bits per heavy atom. The summed E-state index contributed by atoms with van der Waals surface area (Å²) in [7, 11) is 0. The first-order valence-corrected chi connectivity index (χ1v) is 7.97. The molecule has 4 heteroatoms. The van der Waals surface area contributed by atoms with E-state index in [9.17, 15) is 14.0 Å². The molecular formula is C22H15FO3. The van der Waals surface area contributed by atoms with Crippen LogP contribution in [-0.4, -0.2) is 11.8 Å². The largest absolute Gasteiger partial charge is 0.423 e. The molecule has 0 saturated carbocycles. The number of allylic oxidation sites excluding steroid dienone is 1. The van der Waals surface area contributed by atoms with Crippen molar-refractivity contribution >= 4 is 17.8 Å². The lowest BCUT2D eigenvalue weighted by Gasteiger charge is -2.04. The van der Waals surface area contributed by atoms with E-state index in [1.165, 1.54) is 30.3 Å². The van der Waals surface area contributed by atoms with Gasteiger partial charge in [-0.1, -0.05) is 48.5 Å². The van der Waals surface area contributed by atoms with Crippen LogP contribution in [0.25, 0.3) is 6.08 Å². The molecule has 0 heterocycles. The van der Waals surface area contributed by atoms with Crippen LogP contribution in [0, 0.1) is 5.82 Å². The highest BCUT2D eigenvalue weighted by Crippen LogP contribution is 2.16. The Kier molecular flexibility index (Phi) is 5.34. The lowest BCUT2D eigenvalue weighted by Crippen LogP contribution is -2.08. The molecule has 0 saturated heterocycles. The highest BCUT2D eigenvalue weighted by molar-refractivity contribution is 6.06. The number of rotatable bonds is 5. The van der Waals surface area contributed by atoms with E-state index in [0.717, 1.165) is 5.56 Å². The highest BCUT2D eigenvalue weighted by Gasteiger charge is 2.08. The minimum atomic E-state index is -0.562. The normalized spacial score (nSPS) is 10.7. The predicted molar refractivity (Wildman–Crippen MR) is 97.6 cm³/mol. The molecule has 0 aromatic heterocycles. The van der Waals surface area contributed by atoms with Gasteiger partial charge in [0, 0.05) is 5.56 Å². The number of hydrogen-bond acceptors (Lipinski definition) is 3. The first-order valence-electron chi connectivity index (χ1n) is 7.97. The van der Waals surface area contributed by atoms with Gasteiger partial charge < -0.3 is 4.74 Å². The average molecular weight is 346 g/mol. The fraction of sp³-hybridized carbons (Fsp3) is 0. The lowest BCUT2D eigenvalue weighted by molar-refractivity contribution is 0.0734. The maximum atomic E-state index is 12.9. The van der Waals surface area contributed by atoms with Crippen molar-refractivity contribution < 1.29 is 18.7 Å². The second-order valence-electron chi connectivity index (χ2n) is 5.53. The van der Waals surface area contributed by atoms with E-state index in [1.54, 1.807) is 42.5 Å². The summed E-state index contributed by atoms with van der Waals surface area (Å²) in [6.45, 7) is 0. The second-order valence-corrected chi connectivity index (χ2v) is 5.53. The van der Waals surface area contributed by atoms with E-state index in [0.29, 0.717) is 11.3 Å². The van der Waals surface area contributed by atoms with Crippen molar-refractivity contribution in [1.29, 1.82) is 0 Å². The van der Waals surface area contributed by atoms with Gasteiger partial charge in [-0.2, -0.15) is 0 Å². The maximum Gasteiger partial charge on any atom is 0.343 e. The van der Waals surface area contributed by atoms with E-state index < -0.39 is 11.8 Å². The van der Waals surface area contributed by atoms with Gasteiger partial charge in [0.05, 0.1) is 5.56 Å². The monoisotopic (exact) mass is 346 g/mol. The van der Waals surface area contributed by atoms with Crippen LogP contribution >= 0.6 is 0 Å². The quantitative estimate of drug-likeness (QED) is 0.284. The summed E-state index contributed by atoms with van der Waals surface area (Å²) >= 11 is 0. The fourth-order valence-electron chi connectivity index (χ4n) is 2.27. The van der Waals surface area contributed by atoms with Crippen molar-refractivity contribution in [3.05, 3.63) is 107 Å². The van der Waals surface area contributed by atoms with Gasteiger partial charge in [-0.15, -0.1) is 0 Å². The topological polar surface area (TPSA) is 43.4 Å². The highest BCUT2D eigenvalue weighted by atomic mass is 19.1. The van der Waals surface area contributed by atoms with Gasteiger partial charge in [-0.25, -0.2) is 9.18 Å². The minimum absolute atomic E-state index is 0.0857. The van der Waals surface area contributed by atoms with Crippen molar-refractivity contribution in [3.63, 3.8) is 0 Å². The molecule has 0 fully saturated rings. The predicted octanol–water partition coefficient (Wildman–Crippen LogP) is 4.94. The summed E-state index contributed by atoms with van der Waals surface area (Å²) in [5.74, 6) is -0.696. The number of carbonyl (C=O) groups is 2. The Morgan fingerprint density at radius 1 is 0.769 bits per heavy atom. The van der Waals surface area contributed by atoms with Crippen molar-refractivity contribution in [1.82, 2.24) is 0 Å². The Bertz CT molecular complexity index is 927. The number of benzene rings is 3. The molecule has 0 atom stereocenters. The molecule has 0 spiro atoms. The van der Waals surface area contributed by atoms with Gasteiger partial charge in [-0.05, 0) is 48.0 Å². The van der Waals surface area contributed by atoms with Crippen LogP contribution in [0.5, 0.6) is 5.75 Å². The first-order chi connectivity index (χ1) is 12.6. The fourth-order valence-corrected chi connectivity index (χ4v) is 2.27. The molecule has 0 radical (unpaired) electrons. The van der Waals surface area contributed by atoms with E-state index in [-0.39, 0.29) is 11.3 Å². The van der Waals surface area contributed by atoms with Crippen LogP contribution in [0.15, 0.2) is 84.9 Å². The standard InChI is InChI=1S/C22H15FO3/c23-19-11-9-18(10-12-19)22(25)26-20-13-6-16(7-14-20)8-15-21(24)17-4-2-1-3-5-17/h1-15H/b15-8+. The molecule has 0 aliphatic heterocycles. The zero-order chi connectivity index (χ0) is 18.4. The summed E-state index contributed by atoms with van der Waals surface area (Å²) in [5, 5.41) is 0. The molecule has 3 rings (SSSR count). The molecular weight excluding hydrogens is 331 g/mol. The number of ketones is 1. The number of hydrogen-bond donors (Lipinski definition) is 0. The molecule has 0 amide bonds. The Morgan fingerprint density at radius 2 is 1.42 bits per heavy atom. The lowest BCUT2D eigenvalue weighted by atomic mass is 10.1. The van der Waals surface area contributed by atoms with Gasteiger partial charge in [0.25, 0.3) is 0 Å². The Balaban J connectivity index is 1.63. The molecule has 3 aromatic carbocycles. The third-order valence-corrected chi connectivity index (χ3v) is 3.66. The van der Waals surface area contributed by atoms with E-state index in [1.807, 2.05) is 18.2 Å². The summed E-state index contributed by atoms with van der Waals surface area (Å²) in [6.07, 6.45) is 3.19. The van der Waals surface area contributed by atoms with Crippen LogP contribution in [-0.2, 0) is 0 Å². The van der Waals surface area contributed by atoms with Crippen LogP contribution in [0.1, 0.15) is 26.3 Å². The smallest absolute Gasteiger partial charge is 0.343 e. The molecule has 3 aromatic rings. The van der Waals surface area contributed by atoms with E-state index in [2.05, 4.69) is 0 Å². The van der Waals surface area contributed by atoms with Gasteiger partial charge in [-0.3, -0.25) is 4.79 Å². The van der Waals surface area contributed by atoms with Crippen molar-refractivity contribution in [3.8, 4) is 5.75 Å². The van der Waals surface area contributed by atoms with Crippen molar-refractivity contribution in [2.45, 2.75) is 0 Å². The van der Waals surface area contributed by atoms with Gasteiger partial charge in [0.15, 0.2) is 5.78 Å². The Hall–Kier alpha value is -3.53.